The van der Waals surface area contributed by atoms with Gasteiger partial charge in [-0.15, -0.1) is 11.3 Å². The van der Waals surface area contributed by atoms with E-state index in [0.717, 1.165) is 39.0 Å². The fourth-order valence-corrected chi connectivity index (χ4v) is 3.07. The predicted octanol–water partition coefficient (Wildman–Crippen LogP) is 2.31. The maximum atomic E-state index is 4.74. The normalized spacial score (nSPS) is 11.4. The average Bonchev–Trinajstić information content (AvgIpc) is 2.73. The molecular formula is C13H25N3S. The Morgan fingerprint density at radius 1 is 1.24 bits per heavy atom. The minimum absolute atomic E-state index is 0.951. The maximum absolute atomic E-state index is 4.74. The van der Waals surface area contributed by atoms with Crippen LogP contribution >= 0.6 is 11.3 Å². The molecular weight excluding hydrogens is 230 g/mol. The summed E-state index contributed by atoms with van der Waals surface area (Å²) in [5.41, 5.74) is 1.28. The largest absolute Gasteiger partial charge is 0.315 e. The second-order valence-corrected chi connectivity index (χ2v) is 5.31. The summed E-state index contributed by atoms with van der Waals surface area (Å²) in [6.07, 6.45) is 2.13. The molecule has 98 valence electrons. The van der Waals surface area contributed by atoms with Crippen molar-refractivity contribution >= 4 is 11.3 Å². The summed E-state index contributed by atoms with van der Waals surface area (Å²) >= 11 is 1.87. The molecule has 17 heavy (non-hydrogen) atoms. The zero-order valence-electron chi connectivity index (χ0n) is 11.5. The van der Waals surface area contributed by atoms with Gasteiger partial charge in [0.1, 0.15) is 0 Å². The number of hydrogen-bond donors (Lipinski definition) is 1. The molecule has 4 heteroatoms. The van der Waals surface area contributed by atoms with Crippen LogP contribution in [-0.4, -0.2) is 36.6 Å². The Labute approximate surface area is 109 Å². The van der Waals surface area contributed by atoms with E-state index < -0.39 is 0 Å². The smallest absolute Gasteiger partial charge is 0.0944 e. The first-order valence-corrected chi connectivity index (χ1v) is 7.41. The molecule has 0 fully saturated rings. The summed E-state index contributed by atoms with van der Waals surface area (Å²) in [5, 5.41) is 4.51. The zero-order chi connectivity index (χ0) is 12.7. The highest BCUT2D eigenvalue weighted by Gasteiger charge is 2.09. The van der Waals surface area contributed by atoms with Crippen molar-refractivity contribution in [3.63, 3.8) is 0 Å². The Balaban J connectivity index is 2.59. The lowest BCUT2D eigenvalue weighted by Gasteiger charge is -2.16. The Morgan fingerprint density at radius 3 is 2.47 bits per heavy atom. The summed E-state index contributed by atoms with van der Waals surface area (Å²) < 4.78 is 0. The first-order chi connectivity index (χ1) is 8.24. The summed E-state index contributed by atoms with van der Waals surface area (Å²) in [5.74, 6) is 0. The Bertz CT molecular complexity index is 318. The van der Waals surface area contributed by atoms with Gasteiger partial charge in [-0.3, -0.25) is 0 Å². The quantitative estimate of drug-likeness (QED) is 0.772. The number of aromatic nitrogens is 1. The molecule has 0 spiro atoms. The highest BCUT2D eigenvalue weighted by Crippen LogP contribution is 2.19. The van der Waals surface area contributed by atoms with Gasteiger partial charge in [-0.25, -0.2) is 4.98 Å². The highest BCUT2D eigenvalue weighted by molar-refractivity contribution is 7.11. The molecule has 0 radical (unpaired) electrons. The lowest BCUT2D eigenvalue weighted by Crippen LogP contribution is -2.25. The second-order valence-electron chi connectivity index (χ2n) is 4.14. The van der Waals surface area contributed by atoms with Gasteiger partial charge in [0.05, 0.1) is 10.7 Å². The molecule has 0 bridgehead atoms. The van der Waals surface area contributed by atoms with Crippen molar-refractivity contribution in [1.82, 2.24) is 15.2 Å². The molecule has 0 unspecified atom stereocenters. The third-order valence-electron chi connectivity index (χ3n) is 3.03. The number of nitrogens with zero attached hydrogens (tertiary/aromatic N) is 2. The molecule has 0 saturated carbocycles. The van der Waals surface area contributed by atoms with E-state index in [1.807, 2.05) is 18.4 Å². The molecule has 1 N–H and O–H groups in total. The van der Waals surface area contributed by atoms with Gasteiger partial charge in [-0.1, -0.05) is 20.8 Å². The van der Waals surface area contributed by atoms with Crippen LogP contribution in [0.1, 0.15) is 36.3 Å². The fraction of sp³-hybridized carbons (Fsp3) is 0.769. The van der Waals surface area contributed by atoms with Gasteiger partial charge >= 0.3 is 0 Å². The summed E-state index contributed by atoms with van der Waals surface area (Å²) in [7, 11) is 1.99. The minimum Gasteiger partial charge on any atom is -0.315 e. The molecule has 1 rings (SSSR count). The SMILES string of the molecule is CCc1nc(CCN(CC)CC)sc1CNC. The Hall–Kier alpha value is -0.450. The van der Waals surface area contributed by atoms with Crippen LogP contribution in [0.5, 0.6) is 0 Å². The van der Waals surface area contributed by atoms with Gasteiger partial charge in [0.15, 0.2) is 0 Å². The van der Waals surface area contributed by atoms with E-state index in [1.165, 1.54) is 15.6 Å². The van der Waals surface area contributed by atoms with Gasteiger partial charge in [-0.2, -0.15) is 0 Å². The molecule has 0 saturated heterocycles. The van der Waals surface area contributed by atoms with E-state index in [-0.39, 0.29) is 0 Å². The predicted molar refractivity (Wildman–Crippen MR) is 75.7 cm³/mol. The molecule has 1 heterocycles. The van der Waals surface area contributed by atoms with Gasteiger partial charge < -0.3 is 10.2 Å². The van der Waals surface area contributed by atoms with Crippen molar-refractivity contribution in [2.45, 2.75) is 40.2 Å². The maximum Gasteiger partial charge on any atom is 0.0944 e. The number of thiazole rings is 1. The number of hydrogen-bond acceptors (Lipinski definition) is 4. The minimum atomic E-state index is 0.951. The van der Waals surface area contributed by atoms with Gasteiger partial charge in [0.25, 0.3) is 0 Å². The third kappa shape index (κ3) is 4.37. The Kier molecular flexibility index (Phi) is 6.70. The average molecular weight is 255 g/mol. The van der Waals surface area contributed by atoms with Gasteiger partial charge in [-0.05, 0) is 26.6 Å². The molecule has 0 aliphatic carbocycles. The van der Waals surface area contributed by atoms with E-state index in [4.69, 9.17) is 4.98 Å². The van der Waals surface area contributed by atoms with E-state index in [0.29, 0.717) is 0 Å². The molecule has 0 aliphatic heterocycles. The Morgan fingerprint density at radius 2 is 1.94 bits per heavy atom. The van der Waals surface area contributed by atoms with E-state index >= 15 is 0 Å². The molecule has 0 aromatic carbocycles. The standard InChI is InChI=1S/C13H25N3S/c1-5-11-12(10-14-4)17-13(15-11)8-9-16(6-2)7-3/h14H,5-10H2,1-4H3. The molecule has 0 aliphatic rings. The van der Waals surface area contributed by atoms with Gasteiger partial charge in [0.2, 0.25) is 0 Å². The number of rotatable bonds is 8. The van der Waals surface area contributed by atoms with Crippen LogP contribution in [0.3, 0.4) is 0 Å². The van der Waals surface area contributed by atoms with Crippen LogP contribution in [0.15, 0.2) is 0 Å². The van der Waals surface area contributed by atoms with Crippen molar-refractivity contribution in [3.05, 3.63) is 15.6 Å². The first-order valence-electron chi connectivity index (χ1n) is 6.59. The van der Waals surface area contributed by atoms with Crippen molar-refractivity contribution in [1.29, 1.82) is 0 Å². The number of nitrogens with one attached hydrogen (secondary N) is 1. The molecule has 1 aromatic rings. The second kappa shape index (κ2) is 7.80. The monoisotopic (exact) mass is 255 g/mol. The zero-order valence-corrected chi connectivity index (χ0v) is 12.4. The fourth-order valence-electron chi connectivity index (χ4n) is 1.91. The first kappa shape index (κ1) is 14.6. The van der Waals surface area contributed by atoms with E-state index in [9.17, 15) is 0 Å². The lowest BCUT2D eigenvalue weighted by molar-refractivity contribution is 0.308. The van der Waals surface area contributed by atoms with Crippen molar-refractivity contribution in [2.24, 2.45) is 0 Å². The van der Waals surface area contributed by atoms with E-state index in [2.05, 4.69) is 31.0 Å². The molecule has 0 atom stereocenters. The van der Waals surface area contributed by atoms with Crippen molar-refractivity contribution in [3.8, 4) is 0 Å². The van der Waals surface area contributed by atoms with Crippen LogP contribution in [0.2, 0.25) is 0 Å². The number of likely N-dealkylation sites (N-methyl/N-ethyl adjacent to an activating group) is 1. The lowest BCUT2D eigenvalue weighted by atomic mass is 10.3. The molecule has 3 nitrogen and oxygen atoms in total. The van der Waals surface area contributed by atoms with Gasteiger partial charge in [0, 0.05) is 24.4 Å². The summed E-state index contributed by atoms with van der Waals surface area (Å²) in [4.78, 5) is 8.60. The van der Waals surface area contributed by atoms with Crippen LogP contribution in [-0.2, 0) is 19.4 Å². The molecule has 1 aromatic heterocycles. The topological polar surface area (TPSA) is 28.2 Å². The summed E-state index contributed by atoms with van der Waals surface area (Å²) in [6.45, 7) is 11.0. The van der Waals surface area contributed by atoms with E-state index in [1.54, 1.807) is 0 Å². The third-order valence-corrected chi connectivity index (χ3v) is 4.19. The van der Waals surface area contributed by atoms with Crippen LogP contribution in [0, 0.1) is 0 Å². The summed E-state index contributed by atoms with van der Waals surface area (Å²) in [6, 6.07) is 0. The van der Waals surface area contributed by atoms with Crippen LogP contribution < -0.4 is 5.32 Å². The van der Waals surface area contributed by atoms with Crippen LogP contribution in [0.4, 0.5) is 0 Å². The van der Waals surface area contributed by atoms with Crippen molar-refractivity contribution in [2.75, 3.05) is 26.7 Å². The van der Waals surface area contributed by atoms with Crippen LogP contribution in [0.25, 0.3) is 0 Å². The van der Waals surface area contributed by atoms with Crippen molar-refractivity contribution < 1.29 is 0 Å². The highest BCUT2D eigenvalue weighted by atomic mass is 32.1. The molecule has 0 amide bonds. The number of aryl methyl sites for hydroxylation is 1.